The zero-order chi connectivity index (χ0) is 14.5. The summed E-state index contributed by atoms with van der Waals surface area (Å²) in [5.74, 6) is -0.119. The van der Waals surface area contributed by atoms with Crippen LogP contribution < -0.4 is 5.73 Å². The van der Waals surface area contributed by atoms with E-state index in [1.54, 1.807) is 18.2 Å². The topological polar surface area (TPSA) is 72.5 Å². The second kappa shape index (κ2) is 6.86. The minimum atomic E-state index is -0.553. The van der Waals surface area contributed by atoms with Crippen molar-refractivity contribution in [3.63, 3.8) is 0 Å². The molecule has 0 aliphatic heterocycles. The van der Waals surface area contributed by atoms with Crippen molar-refractivity contribution in [2.75, 3.05) is 7.11 Å². The lowest BCUT2D eigenvalue weighted by atomic mass is 9.81. The van der Waals surface area contributed by atoms with Gasteiger partial charge in [-0.3, -0.25) is 0 Å². The number of carbonyl (C=O) groups is 1. The number of aliphatic hydroxyl groups is 1. The Hall–Kier alpha value is -1.39. The van der Waals surface area contributed by atoms with E-state index in [-0.39, 0.29) is 11.9 Å². The van der Waals surface area contributed by atoms with E-state index in [2.05, 4.69) is 0 Å². The predicted octanol–water partition coefficient (Wildman–Crippen LogP) is 2.41. The Bertz CT molecular complexity index is 455. The molecule has 4 heteroatoms. The van der Waals surface area contributed by atoms with E-state index in [0.29, 0.717) is 5.56 Å². The summed E-state index contributed by atoms with van der Waals surface area (Å²) in [5, 5.41) is 10.4. The van der Waals surface area contributed by atoms with E-state index >= 15 is 0 Å². The average molecular weight is 277 g/mol. The first kappa shape index (κ1) is 15.0. The Morgan fingerprint density at radius 3 is 2.70 bits per heavy atom. The van der Waals surface area contributed by atoms with Gasteiger partial charge in [0.2, 0.25) is 0 Å². The molecule has 0 radical (unpaired) electrons. The van der Waals surface area contributed by atoms with Gasteiger partial charge in [0.1, 0.15) is 0 Å². The van der Waals surface area contributed by atoms with Crippen molar-refractivity contribution in [2.45, 2.75) is 44.2 Å². The first-order valence-electron chi connectivity index (χ1n) is 7.25. The molecule has 3 N–H and O–H groups in total. The van der Waals surface area contributed by atoms with Crippen molar-refractivity contribution in [3.8, 4) is 0 Å². The maximum Gasteiger partial charge on any atom is 0.337 e. The molecule has 0 bridgehead atoms. The molecule has 0 aromatic heterocycles. The first-order valence-corrected chi connectivity index (χ1v) is 7.25. The van der Waals surface area contributed by atoms with Crippen LogP contribution >= 0.6 is 0 Å². The number of aliphatic hydroxyl groups excluding tert-OH is 1. The van der Waals surface area contributed by atoms with Gasteiger partial charge in [-0.1, -0.05) is 31.4 Å². The smallest absolute Gasteiger partial charge is 0.337 e. The molecule has 1 aromatic carbocycles. The molecule has 110 valence electrons. The quantitative estimate of drug-likeness (QED) is 0.829. The van der Waals surface area contributed by atoms with Gasteiger partial charge in [0.05, 0.1) is 24.8 Å². The minimum Gasteiger partial charge on any atom is -0.465 e. The van der Waals surface area contributed by atoms with Gasteiger partial charge < -0.3 is 15.6 Å². The van der Waals surface area contributed by atoms with E-state index in [1.807, 2.05) is 6.07 Å². The van der Waals surface area contributed by atoms with E-state index in [1.165, 1.54) is 13.5 Å². The Labute approximate surface area is 119 Å². The number of hydrogen-bond donors (Lipinski definition) is 2. The van der Waals surface area contributed by atoms with Gasteiger partial charge in [-0.05, 0) is 36.5 Å². The number of benzene rings is 1. The van der Waals surface area contributed by atoms with Crippen LogP contribution in [0.1, 0.15) is 54.1 Å². The molecule has 0 heterocycles. The highest BCUT2D eigenvalue weighted by atomic mass is 16.5. The molecule has 0 unspecified atom stereocenters. The lowest BCUT2D eigenvalue weighted by Gasteiger charge is -2.30. The Kier molecular flexibility index (Phi) is 5.15. The van der Waals surface area contributed by atoms with Crippen LogP contribution in [0.5, 0.6) is 0 Å². The summed E-state index contributed by atoms with van der Waals surface area (Å²) >= 11 is 0. The van der Waals surface area contributed by atoms with Crippen LogP contribution in [0, 0.1) is 5.92 Å². The maximum atomic E-state index is 11.5. The summed E-state index contributed by atoms with van der Waals surface area (Å²) in [6.07, 6.45) is 5.09. The van der Waals surface area contributed by atoms with Crippen molar-refractivity contribution in [2.24, 2.45) is 11.7 Å². The highest BCUT2D eigenvalue weighted by Gasteiger charge is 2.27. The van der Waals surface area contributed by atoms with Gasteiger partial charge >= 0.3 is 5.97 Å². The Morgan fingerprint density at radius 2 is 2.05 bits per heavy atom. The zero-order valence-electron chi connectivity index (χ0n) is 11.9. The summed E-state index contributed by atoms with van der Waals surface area (Å²) < 4.78 is 4.71. The second-order valence-corrected chi connectivity index (χ2v) is 5.53. The van der Waals surface area contributed by atoms with Gasteiger partial charge in [0.15, 0.2) is 0 Å². The number of ether oxygens (including phenoxy) is 1. The summed E-state index contributed by atoms with van der Waals surface area (Å²) in [4.78, 5) is 11.5. The Morgan fingerprint density at radius 1 is 1.35 bits per heavy atom. The SMILES string of the molecule is COC(=O)c1cccc([C@@H](N)[C@@H](O)C2CCCCC2)c1. The normalized spacial score (nSPS) is 19.4. The highest BCUT2D eigenvalue weighted by molar-refractivity contribution is 5.89. The summed E-state index contributed by atoms with van der Waals surface area (Å²) in [5.41, 5.74) is 7.43. The molecular formula is C16H23NO3. The number of hydrogen-bond acceptors (Lipinski definition) is 4. The van der Waals surface area contributed by atoms with Gasteiger partial charge in [0, 0.05) is 0 Å². The fourth-order valence-electron chi connectivity index (χ4n) is 2.96. The van der Waals surface area contributed by atoms with E-state index < -0.39 is 12.1 Å². The Balaban J connectivity index is 2.11. The molecule has 0 spiro atoms. The van der Waals surface area contributed by atoms with Crippen LogP contribution in [0.25, 0.3) is 0 Å². The average Bonchev–Trinajstić information content (AvgIpc) is 2.53. The summed E-state index contributed by atoms with van der Waals surface area (Å²) in [6.45, 7) is 0. The summed E-state index contributed by atoms with van der Waals surface area (Å²) in [6, 6.07) is 6.57. The maximum absolute atomic E-state index is 11.5. The van der Waals surface area contributed by atoms with E-state index in [0.717, 1.165) is 31.2 Å². The number of nitrogens with two attached hydrogens (primary N) is 1. The largest absolute Gasteiger partial charge is 0.465 e. The van der Waals surface area contributed by atoms with Crippen LogP contribution in [0.15, 0.2) is 24.3 Å². The third-order valence-corrected chi connectivity index (χ3v) is 4.19. The van der Waals surface area contributed by atoms with Gasteiger partial charge in [-0.2, -0.15) is 0 Å². The standard InChI is InChI=1S/C16H23NO3/c1-20-16(19)13-9-5-8-12(10-13)14(17)15(18)11-6-3-2-4-7-11/h5,8-11,14-15,18H,2-4,6-7,17H2,1H3/t14-,15+/m1/s1. The monoisotopic (exact) mass is 277 g/mol. The zero-order valence-corrected chi connectivity index (χ0v) is 11.9. The molecule has 4 nitrogen and oxygen atoms in total. The fourth-order valence-corrected chi connectivity index (χ4v) is 2.96. The third-order valence-electron chi connectivity index (χ3n) is 4.19. The van der Waals surface area contributed by atoms with Crippen molar-refractivity contribution in [1.29, 1.82) is 0 Å². The van der Waals surface area contributed by atoms with E-state index in [9.17, 15) is 9.90 Å². The van der Waals surface area contributed by atoms with Crippen molar-refractivity contribution in [1.82, 2.24) is 0 Å². The minimum absolute atomic E-state index is 0.264. The van der Waals surface area contributed by atoms with Gasteiger partial charge in [-0.15, -0.1) is 0 Å². The number of carbonyl (C=O) groups excluding carboxylic acids is 1. The first-order chi connectivity index (χ1) is 9.63. The second-order valence-electron chi connectivity index (χ2n) is 5.53. The number of rotatable bonds is 4. The highest BCUT2D eigenvalue weighted by Crippen LogP contribution is 2.31. The lowest BCUT2D eigenvalue weighted by Crippen LogP contribution is -2.34. The molecule has 0 saturated heterocycles. The van der Waals surface area contributed by atoms with Crippen LogP contribution in [-0.2, 0) is 4.74 Å². The summed E-state index contributed by atoms with van der Waals surface area (Å²) in [7, 11) is 1.35. The molecule has 2 atom stereocenters. The molecule has 1 saturated carbocycles. The number of methoxy groups -OCH3 is 1. The predicted molar refractivity (Wildman–Crippen MR) is 77.3 cm³/mol. The van der Waals surface area contributed by atoms with Crippen LogP contribution in [0.3, 0.4) is 0 Å². The molecule has 1 fully saturated rings. The van der Waals surface area contributed by atoms with Crippen LogP contribution in [-0.4, -0.2) is 24.3 Å². The molecule has 1 aliphatic carbocycles. The lowest BCUT2D eigenvalue weighted by molar-refractivity contribution is 0.0590. The fraction of sp³-hybridized carbons (Fsp3) is 0.562. The molecule has 2 rings (SSSR count). The molecule has 1 aromatic rings. The molecule has 20 heavy (non-hydrogen) atoms. The van der Waals surface area contributed by atoms with Crippen molar-refractivity contribution in [3.05, 3.63) is 35.4 Å². The van der Waals surface area contributed by atoms with Crippen LogP contribution in [0.2, 0.25) is 0 Å². The molecule has 1 aliphatic rings. The van der Waals surface area contributed by atoms with Crippen LogP contribution in [0.4, 0.5) is 0 Å². The van der Waals surface area contributed by atoms with Gasteiger partial charge in [-0.25, -0.2) is 4.79 Å². The van der Waals surface area contributed by atoms with Crippen molar-refractivity contribution >= 4 is 5.97 Å². The number of esters is 1. The van der Waals surface area contributed by atoms with Crippen molar-refractivity contribution < 1.29 is 14.6 Å². The third kappa shape index (κ3) is 3.38. The molecular weight excluding hydrogens is 254 g/mol. The molecule has 0 amide bonds. The van der Waals surface area contributed by atoms with E-state index in [4.69, 9.17) is 10.5 Å². The van der Waals surface area contributed by atoms with Gasteiger partial charge in [0.25, 0.3) is 0 Å².